The molecule has 0 aromatic heterocycles. The average Bonchev–Trinajstić information content (AvgIpc) is 2.44. The fourth-order valence-electron chi connectivity index (χ4n) is 2.65. The minimum absolute atomic E-state index is 0.815. The first-order valence-electron chi connectivity index (χ1n) is 8.69. The molecule has 0 saturated heterocycles. The van der Waals surface area contributed by atoms with Gasteiger partial charge in [0.1, 0.15) is 0 Å². The van der Waals surface area contributed by atoms with Gasteiger partial charge in [-0.1, -0.05) is 46.3 Å². The van der Waals surface area contributed by atoms with Gasteiger partial charge in [-0.25, -0.2) is 0 Å². The van der Waals surface area contributed by atoms with Crippen molar-refractivity contribution in [3.8, 4) is 0 Å². The zero-order valence-corrected chi connectivity index (χ0v) is 14.6. The Balaban J connectivity index is 3.63. The minimum atomic E-state index is 0.815. The summed E-state index contributed by atoms with van der Waals surface area (Å²) >= 11 is 0. The highest BCUT2D eigenvalue weighted by Crippen LogP contribution is 2.17. The molecule has 0 fully saturated rings. The Morgan fingerprint density at radius 2 is 1.90 bits per heavy atom. The van der Waals surface area contributed by atoms with E-state index in [0.717, 1.165) is 31.6 Å². The first-order valence-corrected chi connectivity index (χ1v) is 8.69. The van der Waals surface area contributed by atoms with E-state index in [1.54, 1.807) is 0 Å². The number of unbranched alkanes of at least 4 members (excludes halogenated alkanes) is 2. The van der Waals surface area contributed by atoms with Crippen LogP contribution in [0.25, 0.3) is 0 Å². The average molecular weight is 283 g/mol. The summed E-state index contributed by atoms with van der Waals surface area (Å²) in [5.41, 5.74) is 0. The maximum Gasteiger partial charge on any atom is 0.0480 e. The van der Waals surface area contributed by atoms with E-state index in [4.69, 9.17) is 0 Å². The highest BCUT2D eigenvalue weighted by atomic mass is 15.2. The lowest BCUT2D eigenvalue weighted by Crippen LogP contribution is -2.36. The second kappa shape index (κ2) is 13.6. The predicted octanol–water partition coefficient (Wildman–Crippen LogP) is 4.67. The Hall–Kier alpha value is -0.340. The van der Waals surface area contributed by atoms with Crippen LogP contribution >= 0.6 is 0 Å². The van der Waals surface area contributed by atoms with Gasteiger partial charge in [0.05, 0.1) is 0 Å². The molecule has 2 heteroatoms. The molecule has 0 rings (SSSR count). The van der Waals surface area contributed by atoms with E-state index in [1.807, 2.05) is 0 Å². The van der Waals surface area contributed by atoms with Gasteiger partial charge in [0, 0.05) is 6.67 Å². The van der Waals surface area contributed by atoms with Gasteiger partial charge in [-0.05, 0) is 64.1 Å². The molecule has 0 saturated carbocycles. The van der Waals surface area contributed by atoms with Crippen LogP contribution in [-0.4, -0.2) is 31.2 Å². The Morgan fingerprint density at radius 1 is 1.15 bits per heavy atom. The molecular formula is C18H38N2. The van der Waals surface area contributed by atoms with Gasteiger partial charge >= 0.3 is 0 Å². The molecule has 0 spiro atoms. The van der Waals surface area contributed by atoms with E-state index in [-0.39, 0.29) is 0 Å². The zero-order valence-electron chi connectivity index (χ0n) is 14.6. The van der Waals surface area contributed by atoms with Crippen LogP contribution in [0.3, 0.4) is 0 Å². The molecule has 1 N–H and O–H groups in total. The molecule has 0 aromatic rings. The van der Waals surface area contributed by atoms with Crippen LogP contribution in [0.2, 0.25) is 0 Å². The fourth-order valence-corrected chi connectivity index (χ4v) is 2.65. The second-order valence-corrected chi connectivity index (χ2v) is 6.13. The molecule has 1 atom stereocenters. The van der Waals surface area contributed by atoms with E-state index in [1.165, 1.54) is 38.6 Å². The second-order valence-electron chi connectivity index (χ2n) is 6.13. The lowest BCUT2D eigenvalue weighted by Gasteiger charge is -2.23. The van der Waals surface area contributed by atoms with Crippen LogP contribution in [-0.2, 0) is 0 Å². The summed E-state index contributed by atoms with van der Waals surface area (Å²) in [5.74, 6) is 1.69. The molecule has 20 heavy (non-hydrogen) atoms. The molecule has 1 unspecified atom stereocenters. The normalized spacial score (nSPS) is 13.8. The maximum absolute atomic E-state index is 3.62. The lowest BCUT2D eigenvalue weighted by atomic mass is 9.90. The number of nitrogens with zero attached hydrogens (tertiary/aromatic N) is 1. The van der Waals surface area contributed by atoms with E-state index in [9.17, 15) is 0 Å². The summed E-state index contributed by atoms with van der Waals surface area (Å²) in [6.07, 6.45) is 10.9. The molecule has 2 nitrogen and oxygen atoms in total. The Kier molecular flexibility index (Phi) is 13.4. The highest BCUT2D eigenvalue weighted by Gasteiger charge is 2.10. The van der Waals surface area contributed by atoms with Gasteiger partial charge in [0.25, 0.3) is 0 Å². The summed E-state index contributed by atoms with van der Waals surface area (Å²) in [6.45, 7) is 15.9. The number of hydrogen-bond acceptors (Lipinski definition) is 2. The van der Waals surface area contributed by atoms with Crippen molar-refractivity contribution >= 4 is 0 Å². The van der Waals surface area contributed by atoms with Crippen molar-refractivity contribution in [2.24, 2.45) is 11.8 Å². The third kappa shape index (κ3) is 10.4. The largest absolute Gasteiger partial charge is 0.304 e. The summed E-state index contributed by atoms with van der Waals surface area (Å²) in [4.78, 5) is 2.52. The monoisotopic (exact) mass is 282 g/mol. The molecule has 0 heterocycles. The SMILES string of the molecule is C/C=C\CCCCN(CC)CNCCC(CC)C(C)C. The van der Waals surface area contributed by atoms with Gasteiger partial charge in [0.15, 0.2) is 0 Å². The lowest BCUT2D eigenvalue weighted by molar-refractivity contribution is 0.251. The molecule has 0 amide bonds. The first kappa shape index (κ1) is 19.7. The van der Waals surface area contributed by atoms with E-state index in [2.05, 4.69) is 57.0 Å². The van der Waals surface area contributed by atoms with Crippen LogP contribution in [0.5, 0.6) is 0 Å². The van der Waals surface area contributed by atoms with Crippen LogP contribution in [0.4, 0.5) is 0 Å². The summed E-state index contributed by atoms with van der Waals surface area (Å²) in [7, 11) is 0. The van der Waals surface area contributed by atoms with Crippen molar-refractivity contribution in [3.05, 3.63) is 12.2 Å². The predicted molar refractivity (Wildman–Crippen MR) is 92.0 cm³/mol. The number of nitrogens with one attached hydrogen (secondary N) is 1. The molecular weight excluding hydrogens is 244 g/mol. The molecule has 0 aromatic carbocycles. The van der Waals surface area contributed by atoms with E-state index < -0.39 is 0 Å². The minimum Gasteiger partial charge on any atom is -0.304 e. The molecule has 0 aliphatic carbocycles. The third-order valence-electron chi connectivity index (χ3n) is 4.27. The summed E-state index contributed by atoms with van der Waals surface area (Å²) in [5, 5.41) is 3.62. The van der Waals surface area contributed by atoms with E-state index >= 15 is 0 Å². The topological polar surface area (TPSA) is 15.3 Å². The van der Waals surface area contributed by atoms with Gasteiger partial charge in [-0.3, -0.25) is 4.90 Å². The van der Waals surface area contributed by atoms with Crippen molar-refractivity contribution in [3.63, 3.8) is 0 Å². The van der Waals surface area contributed by atoms with Crippen molar-refractivity contribution in [1.82, 2.24) is 10.2 Å². The van der Waals surface area contributed by atoms with Crippen LogP contribution in [0.1, 0.15) is 66.7 Å². The molecule has 0 radical (unpaired) electrons. The van der Waals surface area contributed by atoms with Gasteiger partial charge in [-0.15, -0.1) is 0 Å². The number of allylic oxidation sites excluding steroid dienone is 2. The van der Waals surface area contributed by atoms with Crippen molar-refractivity contribution in [1.29, 1.82) is 0 Å². The Bertz CT molecular complexity index is 223. The smallest absolute Gasteiger partial charge is 0.0480 e. The fraction of sp³-hybridized carbons (Fsp3) is 0.889. The quantitative estimate of drug-likeness (QED) is 0.300. The molecule has 120 valence electrons. The molecule has 0 bridgehead atoms. The Morgan fingerprint density at radius 3 is 2.45 bits per heavy atom. The highest BCUT2D eigenvalue weighted by molar-refractivity contribution is 4.76. The summed E-state index contributed by atoms with van der Waals surface area (Å²) < 4.78 is 0. The molecule has 0 aliphatic heterocycles. The Labute approximate surface area is 128 Å². The van der Waals surface area contributed by atoms with Crippen molar-refractivity contribution in [2.75, 3.05) is 26.3 Å². The van der Waals surface area contributed by atoms with Crippen molar-refractivity contribution in [2.45, 2.75) is 66.7 Å². The van der Waals surface area contributed by atoms with Gasteiger partial charge < -0.3 is 5.32 Å². The first-order chi connectivity index (χ1) is 9.65. The van der Waals surface area contributed by atoms with Crippen LogP contribution < -0.4 is 5.32 Å². The van der Waals surface area contributed by atoms with E-state index in [0.29, 0.717) is 0 Å². The van der Waals surface area contributed by atoms with Crippen LogP contribution in [0, 0.1) is 11.8 Å². The van der Waals surface area contributed by atoms with Crippen molar-refractivity contribution < 1.29 is 0 Å². The van der Waals surface area contributed by atoms with Crippen LogP contribution in [0.15, 0.2) is 12.2 Å². The standard InChI is InChI=1S/C18H38N2/c1-6-9-10-11-12-15-20(8-3)16-19-14-13-18(7-2)17(4)5/h6,9,17-19H,7-8,10-16H2,1-5H3/b9-6-. The van der Waals surface area contributed by atoms with Gasteiger partial charge in [-0.2, -0.15) is 0 Å². The zero-order chi connectivity index (χ0) is 15.2. The third-order valence-corrected chi connectivity index (χ3v) is 4.27. The molecule has 0 aliphatic rings. The summed E-state index contributed by atoms with van der Waals surface area (Å²) in [6, 6.07) is 0. The number of rotatable bonds is 13. The number of hydrogen-bond donors (Lipinski definition) is 1. The maximum atomic E-state index is 3.62. The van der Waals surface area contributed by atoms with Gasteiger partial charge in [0.2, 0.25) is 0 Å².